The molecular weight excluding hydrogens is 266 g/mol. The number of allylic oxidation sites excluding steroid dienone is 2. The molecule has 0 aliphatic heterocycles. The summed E-state index contributed by atoms with van der Waals surface area (Å²) in [5.74, 6) is 3.81. The summed E-state index contributed by atoms with van der Waals surface area (Å²) in [5, 5.41) is 9.13. The predicted molar refractivity (Wildman–Crippen MR) is 90.0 cm³/mol. The summed E-state index contributed by atoms with van der Waals surface area (Å²) < 4.78 is 0. The van der Waals surface area contributed by atoms with E-state index in [1.54, 1.807) is 0 Å². The molecule has 0 N–H and O–H groups in total. The van der Waals surface area contributed by atoms with Crippen molar-refractivity contribution in [3.05, 3.63) is 11.6 Å². The van der Waals surface area contributed by atoms with Gasteiger partial charge in [0.15, 0.2) is 0 Å². The Labute approximate surface area is 136 Å². The van der Waals surface area contributed by atoms with E-state index in [4.69, 9.17) is 5.26 Å². The van der Waals surface area contributed by atoms with Gasteiger partial charge in [-0.2, -0.15) is 5.26 Å². The third kappa shape index (κ3) is 1.88. The third-order valence-corrected chi connectivity index (χ3v) is 8.67. The van der Waals surface area contributed by atoms with Gasteiger partial charge < -0.3 is 0 Å². The van der Waals surface area contributed by atoms with Gasteiger partial charge in [0.2, 0.25) is 0 Å². The molecule has 4 aliphatic rings. The minimum Gasteiger partial charge on any atom is -0.193 e. The summed E-state index contributed by atoms with van der Waals surface area (Å²) in [7, 11) is 0. The predicted octanol–water partition coefficient (Wildman–Crippen LogP) is 5.87. The molecule has 0 spiro atoms. The van der Waals surface area contributed by atoms with Gasteiger partial charge in [-0.25, -0.2) is 0 Å². The van der Waals surface area contributed by atoms with Crippen molar-refractivity contribution in [3.63, 3.8) is 0 Å². The fraction of sp³-hybridized carbons (Fsp3) is 0.857. The molecule has 6 unspecified atom stereocenters. The fourth-order valence-electron chi connectivity index (χ4n) is 7.46. The van der Waals surface area contributed by atoms with E-state index in [2.05, 4.69) is 19.9 Å². The van der Waals surface area contributed by atoms with Crippen LogP contribution < -0.4 is 0 Å². The average molecular weight is 297 g/mol. The zero-order valence-electron chi connectivity index (χ0n) is 14.4. The van der Waals surface area contributed by atoms with E-state index in [1.165, 1.54) is 69.8 Å². The van der Waals surface area contributed by atoms with Gasteiger partial charge in [0, 0.05) is 6.08 Å². The Hall–Kier alpha value is -0.770. The van der Waals surface area contributed by atoms with Crippen LogP contribution in [-0.2, 0) is 0 Å². The third-order valence-electron chi connectivity index (χ3n) is 8.67. The van der Waals surface area contributed by atoms with E-state index < -0.39 is 0 Å². The van der Waals surface area contributed by atoms with Crippen LogP contribution in [-0.4, -0.2) is 0 Å². The van der Waals surface area contributed by atoms with Gasteiger partial charge in [-0.15, -0.1) is 0 Å². The molecule has 120 valence electrons. The minimum absolute atomic E-state index is 0.356. The van der Waals surface area contributed by atoms with E-state index in [0.717, 1.165) is 23.7 Å². The topological polar surface area (TPSA) is 23.8 Å². The van der Waals surface area contributed by atoms with Crippen molar-refractivity contribution in [2.45, 2.75) is 78.1 Å². The van der Waals surface area contributed by atoms with Crippen molar-refractivity contribution in [2.75, 3.05) is 0 Å². The minimum atomic E-state index is 0.356. The second-order valence-electron chi connectivity index (χ2n) is 9.20. The first-order chi connectivity index (χ1) is 10.6. The molecular formula is C21H31N. The highest BCUT2D eigenvalue weighted by Crippen LogP contribution is 2.67. The highest BCUT2D eigenvalue weighted by molar-refractivity contribution is 5.28. The molecule has 4 fully saturated rings. The molecule has 0 aromatic heterocycles. The molecule has 22 heavy (non-hydrogen) atoms. The Kier molecular flexibility index (Phi) is 3.44. The van der Waals surface area contributed by atoms with Crippen molar-refractivity contribution in [1.82, 2.24) is 0 Å². The van der Waals surface area contributed by atoms with Gasteiger partial charge in [-0.05, 0) is 85.9 Å². The molecule has 0 saturated heterocycles. The average Bonchev–Trinajstić information content (AvgIpc) is 2.84. The number of hydrogen-bond donors (Lipinski definition) is 0. The second kappa shape index (κ2) is 5.12. The Morgan fingerprint density at radius 2 is 1.86 bits per heavy atom. The quantitative estimate of drug-likeness (QED) is 0.513. The molecule has 6 atom stereocenters. The van der Waals surface area contributed by atoms with Crippen LogP contribution in [0.3, 0.4) is 0 Å². The number of nitriles is 1. The molecule has 0 aromatic carbocycles. The summed E-state index contributed by atoms with van der Waals surface area (Å²) in [6.07, 6.45) is 16.1. The van der Waals surface area contributed by atoms with Crippen molar-refractivity contribution < 1.29 is 0 Å². The fourth-order valence-corrected chi connectivity index (χ4v) is 7.46. The highest BCUT2D eigenvalue weighted by Gasteiger charge is 2.58. The summed E-state index contributed by atoms with van der Waals surface area (Å²) in [4.78, 5) is 0. The zero-order chi connectivity index (χ0) is 15.4. The molecule has 0 amide bonds. The molecule has 0 heterocycles. The highest BCUT2D eigenvalue weighted by atomic mass is 14.6. The lowest BCUT2D eigenvalue weighted by Crippen LogP contribution is -2.52. The van der Waals surface area contributed by atoms with Gasteiger partial charge in [0.05, 0.1) is 6.07 Å². The summed E-state index contributed by atoms with van der Waals surface area (Å²) >= 11 is 0. The lowest BCUT2D eigenvalue weighted by molar-refractivity contribution is -0.0972. The van der Waals surface area contributed by atoms with E-state index >= 15 is 0 Å². The molecule has 1 nitrogen and oxygen atoms in total. The first-order valence-corrected chi connectivity index (χ1v) is 9.69. The van der Waals surface area contributed by atoms with E-state index in [-0.39, 0.29) is 0 Å². The maximum atomic E-state index is 9.13. The first-order valence-electron chi connectivity index (χ1n) is 9.69. The monoisotopic (exact) mass is 297 g/mol. The van der Waals surface area contributed by atoms with Crippen molar-refractivity contribution >= 4 is 0 Å². The van der Waals surface area contributed by atoms with Crippen LogP contribution in [0.2, 0.25) is 0 Å². The zero-order valence-corrected chi connectivity index (χ0v) is 14.4. The normalized spacial score (nSPS) is 52.5. The molecule has 4 saturated carbocycles. The lowest BCUT2D eigenvalue weighted by Gasteiger charge is -2.60. The Balaban J connectivity index is 1.65. The smallest absolute Gasteiger partial charge is 0.0911 e. The van der Waals surface area contributed by atoms with Crippen LogP contribution in [0.15, 0.2) is 11.6 Å². The Morgan fingerprint density at radius 1 is 1.00 bits per heavy atom. The molecule has 4 aliphatic carbocycles. The number of hydrogen-bond acceptors (Lipinski definition) is 1. The Morgan fingerprint density at radius 3 is 2.68 bits per heavy atom. The second-order valence-corrected chi connectivity index (χ2v) is 9.20. The van der Waals surface area contributed by atoms with Crippen LogP contribution in [0.1, 0.15) is 78.1 Å². The largest absolute Gasteiger partial charge is 0.193 e. The molecule has 0 bridgehead atoms. The molecule has 0 radical (unpaired) electrons. The lowest BCUT2D eigenvalue weighted by atomic mass is 9.45. The van der Waals surface area contributed by atoms with Gasteiger partial charge in [-0.1, -0.05) is 32.3 Å². The summed E-state index contributed by atoms with van der Waals surface area (Å²) in [5.41, 5.74) is 2.48. The summed E-state index contributed by atoms with van der Waals surface area (Å²) in [6, 6.07) is 2.33. The molecule has 4 rings (SSSR count). The first kappa shape index (κ1) is 14.8. The number of nitrogens with zero attached hydrogens (tertiary/aromatic N) is 1. The van der Waals surface area contributed by atoms with Crippen molar-refractivity contribution in [1.29, 1.82) is 5.26 Å². The van der Waals surface area contributed by atoms with Gasteiger partial charge in [0.1, 0.15) is 0 Å². The van der Waals surface area contributed by atoms with Crippen LogP contribution in [0.25, 0.3) is 0 Å². The van der Waals surface area contributed by atoms with E-state index in [9.17, 15) is 0 Å². The van der Waals surface area contributed by atoms with Gasteiger partial charge >= 0.3 is 0 Å². The van der Waals surface area contributed by atoms with Crippen molar-refractivity contribution in [2.24, 2.45) is 34.5 Å². The number of fused-ring (bicyclic) bond motifs is 5. The summed E-state index contributed by atoms with van der Waals surface area (Å²) in [6.45, 7) is 5.14. The van der Waals surface area contributed by atoms with Gasteiger partial charge in [-0.3, -0.25) is 0 Å². The maximum Gasteiger partial charge on any atom is 0.0911 e. The standard InChI is InChI=1S/C21H31N/c1-20-12-4-3-5-15(20)6-8-17-18-9-7-16(11-14-22)21(18,2)13-10-19(17)20/h11,15,17-19H,3-10,12-13H2,1-2H3/b16-11-. The van der Waals surface area contributed by atoms with Crippen LogP contribution in [0.5, 0.6) is 0 Å². The van der Waals surface area contributed by atoms with Crippen LogP contribution in [0.4, 0.5) is 0 Å². The number of rotatable bonds is 0. The SMILES string of the molecule is CC12CCC3C(CCC4CCCCC43C)C1CC/C2=C/C#N. The molecule has 1 heteroatoms. The van der Waals surface area contributed by atoms with E-state index in [1.807, 2.05) is 6.08 Å². The molecule has 0 aromatic rings. The van der Waals surface area contributed by atoms with Crippen molar-refractivity contribution in [3.8, 4) is 6.07 Å². The van der Waals surface area contributed by atoms with E-state index in [0.29, 0.717) is 10.8 Å². The van der Waals surface area contributed by atoms with Crippen LogP contribution in [0, 0.1) is 45.8 Å². The Bertz CT molecular complexity index is 527. The van der Waals surface area contributed by atoms with Crippen LogP contribution >= 0.6 is 0 Å². The van der Waals surface area contributed by atoms with Gasteiger partial charge in [0.25, 0.3) is 0 Å². The maximum absolute atomic E-state index is 9.13.